The van der Waals surface area contributed by atoms with E-state index in [1.165, 1.54) is 0 Å². The number of benzene rings is 2. The van der Waals surface area contributed by atoms with Crippen LogP contribution in [0.15, 0.2) is 59.6 Å². The van der Waals surface area contributed by atoms with Crippen LogP contribution < -0.4 is 10.1 Å². The Kier molecular flexibility index (Phi) is 5.05. The van der Waals surface area contributed by atoms with Crippen LogP contribution in [-0.4, -0.2) is 32.1 Å². The number of nitrogens with zero attached hydrogens (tertiary/aromatic N) is 1. The van der Waals surface area contributed by atoms with Gasteiger partial charge in [-0.05, 0) is 17.7 Å². The molecule has 4 nitrogen and oxygen atoms in total. The van der Waals surface area contributed by atoms with Gasteiger partial charge >= 0.3 is 0 Å². The average molecular weight is 296 g/mol. The summed E-state index contributed by atoms with van der Waals surface area (Å²) in [5.74, 6) is 1.86. The molecule has 0 amide bonds. The number of amidine groups is 1. The molecule has 3 rings (SSSR count). The van der Waals surface area contributed by atoms with Gasteiger partial charge in [-0.1, -0.05) is 42.5 Å². The third-order valence-electron chi connectivity index (χ3n) is 3.41. The molecule has 2 aromatic carbocycles. The fourth-order valence-corrected chi connectivity index (χ4v) is 2.28. The standard InChI is InChI=1S/C18H20N2O2/c1-2-4-17(5-3-1)22-13-12-21-14-15-6-8-16(9-7-15)18-19-10-11-20-18/h1-9H,10-14H2,(H,19,20). The number of para-hydroxylation sites is 1. The Balaban J connectivity index is 1.38. The van der Waals surface area contributed by atoms with Gasteiger partial charge in [-0.2, -0.15) is 0 Å². The minimum Gasteiger partial charge on any atom is -0.491 e. The third kappa shape index (κ3) is 4.09. The maximum absolute atomic E-state index is 5.64. The Labute approximate surface area is 130 Å². The highest BCUT2D eigenvalue weighted by molar-refractivity contribution is 5.99. The molecule has 0 atom stereocenters. The van der Waals surface area contributed by atoms with Crippen LogP contribution in [0.2, 0.25) is 0 Å². The molecule has 0 spiro atoms. The van der Waals surface area contributed by atoms with Crippen molar-refractivity contribution in [1.29, 1.82) is 0 Å². The van der Waals surface area contributed by atoms with Crippen molar-refractivity contribution in [2.75, 3.05) is 26.3 Å². The van der Waals surface area contributed by atoms with Gasteiger partial charge in [0.05, 0.1) is 19.8 Å². The summed E-state index contributed by atoms with van der Waals surface area (Å²) in [6.45, 7) is 3.52. The lowest BCUT2D eigenvalue weighted by Gasteiger charge is -2.08. The van der Waals surface area contributed by atoms with E-state index in [-0.39, 0.29) is 0 Å². The Hall–Kier alpha value is -2.33. The first-order valence-electron chi connectivity index (χ1n) is 7.55. The number of rotatable bonds is 7. The zero-order valence-corrected chi connectivity index (χ0v) is 12.5. The predicted molar refractivity (Wildman–Crippen MR) is 87.4 cm³/mol. The zero-order valence-electron chi connectivity index (χ0n) is 12.5. The molecular formula is C18H20N2O2. The molecule has 0 bridgehead atoms. The lowest BCUT2D eigenvalue weighted by molar-refractivity contribution is 0.0889. The molecule has 1 heterocycles. The van der Waals surface area contributed by atoms with Crippen LogP contribution in [-0.2, 0) is 11.3 Å². The first kappa shape index (κ1) is 14.6. The average Bonchev–Trinajstić information content (AvgIpc) is 3.11. The van der Waals surface area contributed by atoms with Crippen molar-refractivity contribution >= 4 is 5.84 Å². The van der Waals surface area contributed by atoms with Crippen molar-refractivity contribution in [2.45, 2.75) is 6.61 Å². The van der Waals surface area contributed by atoms with Gasteiger partial charge in [0, 0.05) is 12.1 Å². The normalized spacial score (nSPS) is 13.5. The summed E-state index contributed by atoms with van der Waals surface area (Å²) in [7, 11) is 0. The van der Waals surface area contributed by atoms with Crippen LogP contribution in [0.5, 0.6) is 5.75 Å². The van der Waals surface area contributed by atoms with E-state index in [1.807, 2.05) is 30.3 Å². The summed E-state index contributed by atoms with van der Waals surface area (Å²) in [6, 6.07) is 18.1. The second-order valence-corrected chi connectivity index (χ2v) is 5.07. The van der Waals surface area contributed by atoms with E-state index in [0.717, 1.165) is 35.8 Å². The van der Waals surface area contributed by atoms with E-state index in [1.54, 1.807) is 0 Å². The monoisotopic (exact) mass is 296 g/mol. The molecule has 0 aliphatic carbocycles. The molecular weight excluding hydrogens is 276 g/mol. The summed E-state index contributed by atoms with van der Waals surface area (Å²) >= 11 is 0. The maximum Gasteiger partial charge on any atom is 0.128 e. The van der Waals surface area contributed by atoms with Crippen molar-refractivity contribution in [1.82, 2.24) is 5.32 Å². The topological polar surface area (TPSA) is 42.9 Å². The van der Waals surface area contributed by atoms with Gasteiger partial charge in [0.2, 0.25) is 0 Å². The van der Waals surface area contributed by atoms with E-state index in [4.69, 9.17) is 9.47 Å². The summed E-state index contributed by atoms with van der Waals surface area (Å²) < 4.78 is 11.2. The number of ether oxygens (including phenoxy) is 2. The number of hydrogen-bond acceptors (Lipinski definition) is 4. The number of nitrogens with one attached hydrogen (secondary N) is 1. The largest absolute Gasteiger partial charge is 0.491 e. The molecule has 4 heteroatoms. The van der Waals surface area contributed by atoms with Crippen LogP contribution in [0.25, 0.3) is 0 Å². The molecule has 22 heavy (non-hydrogen) atoms. The first-order chi connectivity index (χ1) is 10.9. The lowest BCUT2D eigenvalue weighted by atomic mass is 10.1. The van der Waals surface area contributed by atoms with Gasteiger partial charge in [0.25, 0.3) is 0 Å². The van der Waals surface area contributed by atoms with E-state index in [0.29, 0.717) is 19.8 Å². The van der Waals surface area contributed by atoms with Gasteiger partial charge in [0.1, 0.15) is 18.2 Å². The molecule has 0 fully saturated rings. The van der Waals surface area contributed by atoms with Crippen LogP contribution >= 0.6 is 0 Å². The molecule has 0 unspecified atom stereocenters. The van der Waals surface area contributed by atoms with Crippen molar-refractivity contribution in [3.05, 3.63) is 65.7 Å². The number of aliphatic imine (C=N–C) groups is 1. The van der Waals surface area contributed by atoms with E-state index in [2.05, 4.69) is 34.6 Å². The quantitative estimate of drug-likeness (QED) is 0.799. The molecule has 114 valence electrons. The Morgan fingerprint density at radius 1 is 0.955 bits per heavy atom. The predicted octanol–water partition coefficient (Wildman–Crippen LogP) is 2.63. The molecule has 0 saturated carbocycles. The van der Waals surface area contributed by atoms with Crippen LogP contribution in [0.1, 0.15) is 11.1 Å². The Bertz CT molecular complexity index is 609. The molecule has 1 aliphatic rings. The van der Waals surface area contributed by atoms with Gasteiger partial charge in [-0.25, -0.2) is 0 Å². The van der Waals surface area contributed by atoms with E-state index < -0.39 is 0 Å². The molecule has 2 aromatic rings. The van der Waals surface area contributed by atoms with Crippen LogP contribution in [0, 0.1) is 0 Å². The fourth-order valence-electron chi connectivity index (χ4n) is 2.28. The van der Waals surface area contributed by atoms with Gasteiger partial charge in [-0.15, -0.1) is 0 Å². The van der Waals surface area contributed by atoms with Crippen molar-refractivity contribution in [3.8, 4) is 5.75 Å². The Morgan fingerprint density at radius 3 is 2.50 bits per heavy atom. The third-order valence-corrected chi connectivity index (χ3v) is 3.41. The van der Waals surface area contributed by atoms with Crippen molar-refractivity contribution in [3.63, 3.8) is 0 Å². The highest BCUT2D eigenvalue weighted by atomic mass is 16.5. The lowest BCUT2D eigenvalue weighted by Crippen LogP contribution is -2.19. The smallest absolute Gasteiger partial charge is 0.128 e. The summed E-state index contributed by atoms with van der Waals surface area (Å²) in [5, 5.41) is 3.27. The molecule has 1 N–H and O–H groups in total. The highest BCUT2D eigenvalue weighted by Crippen LogP contribution is 2.09. The SMILES string of the molecule is c1ccc(OCCOCc2ccc(C3=NCCN3)cc2)cc1. The first-order valence-corrected chi connectivity index (χ1v) is 7.55. The highest BCUT2D eigenvalue weighted by Gasteiger charge is 2.07. The van der Waals surface area contributed by atoms with Crippen LogP contribution in [0.3, 0.4) is 0 Å². The number of hydrogen-bond donors (Lipinski definition) is 1. The van der Waals surface area contributed by atoms with Crippen molar-refractivity contribution in [2.24, 2.45) is 4.99 Å². The van der Waals surface area contributed by atoms with Gasteiger partial charge < -0.3 is 14.8 Å². The molecule has 1 aliphatic heterocycles. The molecule has 0 aromatic heterocycles. The van der Waals surface area contributed by atoms with Gasteiger partial charge in [0.15, 0.2) is 0 Å². The molecule has 0 saturated heterocycles. The zero-order chi connectivity index (χ0) is 15.0. The van der Waals surface area contributed by atoms with Crippen LogP contribution in [0.4, 0.5) is 0 Å². The van der Waals surface area contributed by atoms with Crippen molar-refractivity contribution < 1.29 is 9.47 Å². The Morgan fingerprint density at radius 2 is 1.77 bits per heavy atom. The van der Waals surface area contributed by atoms with E-state index in [9.17, 15) is 0 Å². The fraction of sp³-hybridized carbons (Fsp3) is 0.278. The summed E-state index contributed by atoms with van der Waals surface area (Å²) in [4.78, 5) is 4.41. The molecule has 0 radical (unpaired) electrons. The maximum atomic E-state index is 5.64. The van der Waals surface area contributed by atoms with E-state index >= 15 is 0 Å². The minimum atomic E-state index is 0.558. The second kappa shape index (κ2) is 7.61. The summed E-state index contributed by atoms with van der Waals surface area (Å²) in [5.41, 5.74) is 2.29. The van der Waals surface area contributed by atoms with Gasteiger partial charge in [-0.3, -0.25) is 4.99 Å². The second-order valence-electron chi connectivity index (χ2n) is 5.07. The summed E-state index contributed by atoms with van der Waals surface area (Å²) in [6.07, 6.45) is 0. The minimum absolute atomic E-state index is 0.558.